The molecular weight excluding hydrogens is 222 g/mol. The Morgan fingerprint density at radius 2 is 2.18 bits per heavy atom. The Bertz CT molecular complexity index is 359. The standard InChI is InChI=1S/C12H17NO4/c1-3-13(8-7-11(14)16-4-2)12(15)10-6-5-9-17-10/h5-6,9H,3-4,7-8H2,1-2H3. The van der Waals surface area contributed by atoms with Crippen LogP contribution in [0.25, 0.3) is 0 Å². The van der Waals surface area contributed by atoms with Gasteiger partial charge in [0.15, 0.2) is 5.76 Å². The van der Waals surface area contributed by atoms with E-state index in [2.05, 4.69) is 0 Å². The van der Waals surface area contributed by atoms with Crippen molar-refractivity contribution < 1.29 is 18.7 Å². The lowest BCUT2D eigenvalue weighted by Crippen LogP contribution is -2.32. The molecule has 1 aromatic rings. The van der Waals surface area contributed by atoms with Crippen LogP contribution in [-0.2, 0) is 9.53 Å². The lowest BCUT2D eigenvalue weighted by atomic mass is 10.3. The Morgan fingerprint density at radius 3 is 2.71 bits per heavy atom. The predicted octanol–water partition coefficient (Wildman–Crippen LogP) is 1.69. The quantitative estimate of drug-likeness (QED) is 0.709. The number of rotatable bonds is 6. The second-order valence-electron chi connectivity index (χ2n) is 3.42. The molecule has 1 rings (SSSR count). The summed E-state index contributed by atoms with van der Waals surface area (Å²) in [6, 6.07) is 3.27. The summed E-state index contributed by atoms with van der Waals surface area (Å²) >= 11 is 0. The van der Waals surface area contributed by atoms with Gasteiger partial charge in [0.05, 0.1) is 19.3 Å². The first kappa shape index (κ1) is 13.3. The summed E-state index contributed by atoms with van der Waals surface area (Å²) in [4.78, 5) is 24.6. The van der Waals surface area contributed by atoms with Crippen LogP contribution in [-0.4, -0.2) is 36.5 Å². The molecule has 0 saturated carbocycles. The van der Waals surface area contributed by atoms with E-state index >= 15 is 0 Å². The van der Waals surface area contributed by atoms with Crippen LogP contribution in [0, 0.1) is 0 Å². The van der Waals surface area contributed by atoms with Crippen molar-refractivity contribution in [2.45, 2.75) is 20.3 Å². The molecule has 0 fully saturated rings. The molecule has 5 heteroatoms. The lowest BCUT2D eigenvalue weighted by Gasteiger charge is -2.18. The summed E-state index contributed by atoms with van der Waals surface area (Å²) in [5.41, 5.74) is 0. The minimum absolute atomic E-state index is 0.203. The van der Waals surface area contributed by atoms with Gasteiger partial charge in [0, 0.05) is 13.1 Å². The number of esters is 1. The molecule has 0 aromatic carbocycles. The number of carbonyl (C=O) groups is 2. The van der Waals surface area contributed by atoms with Crippen LogP contribution >= 0.6 is 0 Å². The van der Waals surface area contributed by atoms with Crippen molar-refractivity contribution in [1.29, 1.82) is 0 Å². The average molecular weight is 239 g/mol. The maximum atomic E-state index is 11.9. The van der Waals surface area contributed by atoms with E-state index in [1.807, 2.05) is 6.92 Å². The second kappa shape index (κ2) is 6.73. The average Bonchev–Trinajstić information content (AvgIpc) is 2.83. The first-order valence-electron chi connectivity index (χ1n) is 5.67. The van der Waals surface area contributed by atoms with Gasteiger partial charge < -0.3 is 14.1 Å². The third-order valence-corrected chi connectivity index (χ3v) is 2.29. The predicted molar refractivity (Wildman–Crippen MR) is 61.5 cm³/mol. The summed E-state index contributed by atoms with van der Waals surface area (Å²) in [5, 5.41) is 0. The third kappa shape index (κ3) is 3.94. The van der Waals surface area contributed by atoms with Gasteiger partial charge in [-0.2, -0.15) is 0 Å². The minimum Gasteiger partial charge on any atom is -0.466 e. The molecule has 0 bridgehead atoms. The van der Waals surface area contributed by atoms with Gasteiger partial charge in [-0.25, -0.2) is 0 Å². The highest BCUT2D eigenvalue weighted by molar-refractivity contribution is 5.91. The van der Waals surface area contributed by atoms with Crippen molar-refractivity contribution in [3.05, 3.63) is 24.2 Å². The van der Waals surface area contributed by atoms with Gasteiger partial charge in [-0.05, 0) is 26.0 Å². The normalized spacial score (nSPS) is 10.0. The maximum Gasteiger partial charge on any atom is 0.307 e. The first-order valence-corrected chi connectivity index (χ1v) is 5.67. The van der Waals surface area contributed by atoms with Crippen LogP contribution < -0.4 is 0 Å². The number of carbonyl (C=O) groups excluding carboxylic acids is 2. The number of hydrogen-bond acceptors (Lipinski definition) is 4. The van der Waals surface area contributed by atoms with Crippen molar-refractivity contribution in [3.8, 4) is 0 Å². The molecular formula is C12H17NO4. The van der Waals surface area contributed by atoms with Crippen LogP contribution in [0.4, 0.5) is 0 Å². The van der Waals surface area contributed by atoms with Crippen molar-refractivity contribution in [2.75, 3.05) is 19.7 Å². The zero-order chi connectivity index (χ0) is 12.7. The summed E-state index contributed by atoms with van der Waals surface area (Å²) in [7, 11) is 0. The topological polar surface area (TPSA) is 59.8 Å². The highest BCUT2D eigenvalue weighted by atomic mass is 16.5. The number of hydrogen-bond donors (Lipinski definition) is 0. The summed E-state index contributed by atoms with van der Waals surface area (Å²) in [6.45, 7) is 4.83. The van der Waals surface area contributed by atoms with Crippen LogP contribution in [0.5, 0.6) is 0 Å². The van der Waals surface area contributed by atoms with Crippen LogP contribution in [0.1, 0.15) is 30.8 Å². The fourth-order valence-corrected chi connectivity index (χ4v) is 1.42. The molecule has 0 aliphatic carbocycles. The molecule has 5 nitrogen and oxygen atoms in total. The molecule has 1 heterocycles. The minimum atomic E-state index is -0.293. The number of nitrogens with zero attached hydrogens (tertiary/aromatic N) is 1. The van der Waals surface area contributed by atoms with Gasteiger partial charge >= 0.3 is 5.97 Å². The second-order valence-corrected chi connectivity index (χ2v) is 3.42. The molecule has 0 aliphatic rings. The fourth-order valence-electron chi connectivity index (χ4n) is 1.42. The Hall–Kier alpha value is -1.78. The third-order valence-electron chi connectivity index (χ3n) is 2.29. The Labute approximate surface area is 100 Å². The maximum absolute atomic E-state index is 11.9. The van der Waals surface area contributed by atoms with E-state index in [0.29, 0.717) is 19.7 Å². The summed E-state index contributed by atoms with van der Waals surface area (Å²) in [5.74, 6) is -0.212. The van der Waals surface area contributed by atoms with Gasteiger partial charge in [0.2, 0.25) is 0 Å². The lowest BCUT2D eigenvalue weighted by molar-refractivity contribution is -0.143. The molecule has 0 atom stereocenters. The van der Waals surface area contributed by atoms with Gasteiger partial charge in [-0.1, -0.05) is 0 Å². The zero-order valence-electron chi connectivity index (χ0n) is 10.1. The van der Waals surface area contributed by atoms with E-state index in [1.165, 1.54) is 6.26 Å². The number of furan rings is 1. The van der Waals surface area contributed by atoms with E-state index in [0.717, 1.165) is 0 Å². The van der Waals surface area contributed by atoms with Crippen LogP contribution in [0.2, 0.25) is 0 Å². The molecule has 17 heavy (non-hydrogen) atoms. The number of ether oxygens (including phenoxy) is 1. The molecule has 0 unspecified atom stereocenters. The smallest absolute Gasteiger partial charge is 0.307 e. The van der Waals surface area contributed by atoms with Gasteiger partial charge in [0.1, 0.15) is 0 Å². The molecule has 0 N–H and O–H groups in total. The summed E-state index contributed by atoms with van der Waals surface area (Å²) in [6.07, 6.45) is 1.65. The SMILES string of the molecule is CCOC(=O)CCN(CC)C(=O)c1ccco1. The van der Waals surface area contributed by atoms with E-state index in [9.17, 15) is 9.59 Å². The van der Waals surface area contributed by atoms with Crippen molar-refractivity contribution in [1.82, 2.24) is 4.90 Å². The van der Waals surface area contributed by atoms with E-state index in [1.54, 1.807) is 24.0 Å². The van der Waals surface area contributed by atoms with Crippen LogP contribution in [0.15, 0.2) is 22.8 Å². The van der Waals surface area contributed by atoms with Gasteiger partial charge in [-0.15, -0.1) is 0 Å². The largest absolute Gasteiger partial charge is 0.466 e. The van der Waals surface area contributed by atoms with Crippen LogP contribution in [0.3, 0.4) is 0 Å². The molecule has 94 valence electrons. The Kier molecular flexibility index (Phi) is 5.26. The monoisotopic (exact) mass is 239 g/mol. The molecule has 1 aromatic heterocycles. The zero-order valence-corrected chi connectivity index (χ0v) is 10.1. The Balaban J connectivity index is 2.49. The van der Waals surface area contributed by atoms with Crippen molar-refractivity contribution in [3.63, 3.8) is 0 Å². The Morgan fingerprint density at radius 1 is 1.41 bits per heavy atom. The van der Waals surface area contributed by atoms with Gasteiger partial charge in [-0.3, -0.25) is 9.59 Å². The van der Waals surface area contributed by atoms with Crippen molar-refractivity contribution in [2.24, 2.45) is 0 Å². The highest BCUT2D eigenvalue weighted by Gasteiger charge is 2.17. The molecule has 0 radical (unpaired) electrons. The van der Waals surface area contributed by atoms with E-state index < -0.39 is 0 Å². The first-order chi connectivity index (χ1) is 8.19. The molecule has 0 aliphatic heterocycles. The van der Waals surface area contributed by atoms with E-state index in [4.69, 9.17) is 9.15 Å². The molecule has 1 amide bonds. The number of amides is 1. The summed E-state index contributed by atoms with van der Waals surface area (Å²) < 4.78 is 9.83. The molecule has 0 spiro atoms. The highest BCUT2D eigenvalue weighted by Crippen LogP contribution is 2.06. The fraction of sp³-hybridized carbons (Fsp3) is 0.500. The van der Waals surface area contributed by atoms with E-state index in [-0.39, 0.29) is 24.1 Å². The molecule has 0 saturated heterocycles. The van der Waals surface area contributed by atoms with Crippen molar-refractivity contribution >= 4 is 11.9 Å². The van der Waals surface area contributed by atoms with Gasteiger partial charge in [0.25, 0.3) is 5.91 Å².